The van der Waals surface area contributed by atoms with Crippen LogP contribution in [0.2, 0.25) is 5.04 Å². The molecular weight excluding hydrogens is 438 g/mol. The van der Waals surface area contributed by atoms with Gasteiger partial charge in [0.15, 0.2) is 0 Å². The van der Waals surface area contributed by atoms with Crippen LogP contribution < -0.4 is 15.9 Å². The minimum Gasteiger partial charge on any atom is -0.321 e. The highest BCUT2D eigenvalue weighted by Crippen LogP contribution is 2.38. The van der Waals surface area contributed by atoms with Gasteiger partial charge < -0.3 is 4.23 Å². The molecule has 0 fully saturated rings. The fourth-order valence-electron chi connectivity index (χ4n) is 4.55. The van der Waals surface area contributed by atoms with Crippen molar-refractivity contribution >= 4 is 34.5 Å². The summed E-state index contributed by atoms with van der Waals surface area (Å²) in [6.07, 6.45) is 1.94. The van der Waals surface area contributed by atoms with Gasteiger partial charge in [0.2, 0.25) is 13.8 Å². The van der Waals surface area contributed by atoms with E-state index >= 15 is 0 Å². The van der Waals surface area contributed by atoms with Crippen LogP contribution in [0.1, 0.15) is 45.2 Å². The third-order valence-electron chi connectivity index (χ3n) is 5.84. The number of hydrogen-bond acceptors (Lipinski definition) is 1. The van der Waals surface area contributed by atoms with Gasteiger partial charge in [-0.05, 0) is 56.3 Å². The first-order chi connectivity index (χ1) is 13.7. The number of rotatable bonds is 5. The van der Waals surface area contributed by atoms with E-state index in [1.165, 1.54) is 10.4 Å². The maximum absolute atomic E-state index is 13.9. The third-order valence-corrected chi connectivity index (χ3v) is 12.4. The molecule has 2 aromatic carbocycles. The molecule has 0 unspecified atom stereocenters. The molecule has 3 rings (SSSR count). The summed E-state index contributed by atoms with van der Waals surface area (Å²) >= 11 is 3.82. The maximum atomic E-state index is 13.9. The Bertz CT molecular complexity index is 997. The molecule has 152 valence electrons. The van der Waals surface area contributed by atoms with E-state index < -0.39 is 8.24 Å². The molecule has 0 aliphatic rings. The summed E-state index contributed by atoms with van der Waals surface area (Å²) in [7, 11) is -2.73. The average molecular weight is 469 g/mol. The Morgan fingerprint density at radius 2 is 1.41 bits per heavy atom. The molecule has 29 heavy (non-hydrogen) atoms. The fraction of sp³-hybridized carbons (Fsp3) is 0.320. The lowest BCUT2D eigenvalue weighted by molar-refractivity contribution is 0.703. The Kier molecular flexibility index (Phi) is 6.35. The van der Waals surface area contributed by atoms with E-state index in [-0.39, 0.29) is 10.6 Å². The van der Waals surface area contributed by atoms with Crippen LogP contribution in [0.15, 0.2) is 76.1 Å². The summed E-state index contributed by atoms with van der Waals surface area (Å²) in [6, 6.07) is 23.4. The smallest absolute Gasteiger partial charge is 0.247 e. The fourth-order valence-corrected chi connectivity index (χ4v) is 11.2. The lowest BCUT2D eigenvalue weighted by atomic mass is 10.1. The van der Waals surface area contributed by atoms with Crippen molar-refractivity contribution in [3.63, 3.8) is 0 Å². The Labute approximate surface area is 183 Å². The van der Waals surface area contributed by atoms with Gasteiger partial charge in [0, 0.05) is 5.56 Å². The van der Waals surface area contributed by atoms with Gasteiger partial charge in [-0.15, -0.1) is 0 Å². The second-order valence-corrected chi connectivity index (χ2v) is 14.0. The Morgan fingerprint density at radius 1 is 0.931 bits per heavy atom. The van der Waals surface area contributed by atoms with Crippen LogP contribution in [0.25, 0.3) is 0 Å². The monoisotopic (exact) mass is 467 g/mol. The number of halogens is 1. The van der Waals surface area contributed by atoms with Crippen molar-refractivity contribution in [1.82, 2.24) is 4.23 Å². The summed E-state index contributed by atoms with van der Waals surface area (Å²) < 4.78 is 2.98. The maximum Gasteiger partial charge on any atom is 0.247 e. The average Bonchev–Trinajstić information content (AvgIpc) is 2.69. The number of hydrogen-bond donors (Lipinski definition) is 0. The van der Waals surface area contributed by atoms with Crippen LogP contribution in [0.5, 0.6) is 0 Å². The molecule has 0 bridgehead atoms. The highest BCUT2D eigenvalue weighted by molar-refractivity contribution is 9.10. The largest absolute Gasteiger partial charge is 0.321 e. The summed E-state index contributed by atoms with van der Waals surface area (Å²) in [5.41, 5.74) is 2.12. The van der Waals surface area contributed by atoms with Gasteiger partial charge in [0.25, 0.3) is 0 Å². The predicted molar refractivity (Wildman–Crippen MR) is 130 cm³/mol. The molecule has 2 nitrogen and oxygen atoms in total. The van der Waals surface area contributed by atoms with Crippen molar-refractivity contribution in [3.8, 4) is 0 Å². The number of aromatic nitrogens is 1. The molecule has 0 spiro atoms. The molecule has 0 aliphatic heterocycles. The molecule has 0 N–H and O–H groups in total. The van der Waals surface area contributed by atoms with Crippen molar-refractivity contribution in [1.29, 1.82) is 0 Å². The van der Waals surface area contributed by atoms with Crippen LogP contribution in [-0.4, -0.2) is 12.5 Å². The van der Waals surface area contributed by atoms with Gasteiger partial charge >= 0.3 is 0 Å². The molecular formula is C25H30BrNOSi. The SMILES string of the molecule is CCCc1cc(Br)n([Si](c2ccccc2)(c2ccccc2)C(C)(C)C)c(=O)c1C. The lowest BCUT2D eigenvalue weighted by Gasteiger charge is -2.45. The van der Waals surface area contributed by atoms with Crippen LogP contribution in [0.3, 0.4) is 0 Å². The van der Waals surface area contributed by atoms with Crippen LogP contribution >= 0.6 is 15.9 Å². The second kappa shape index (κ2) is 8.45. The normalized spacial score (nSPS) is 12.2. The van der Waals surface area contributed by atoms with Gasteiger partial charge in [-0.2, -0.15) is 0 Å². The van der Waals surface area contributed by atoms with Crippen LogP contribution in [0, 0.1) is 6.92 Å². The molecule has 0 saturated heterocycles. The van der Waals surface area contributed by atoms with E-state index in [0.717, 1.165) is 28.6 Å². The highest BCUT2D eigenvalue weighted by Gasteiger charge is 2.51. The molecule has 0 saturated carbocycles. The van der Waals surface area contributed by atoms with Crippen LogP contribution in [-0.2, 0) is 6.42 Å². The third kappa shape index (κ3) is 3.69. The Morgan fingerprint density at radius 3 is 1.83 bits per heavy atom. The van der Waals surface area contributed by atoms with Gasteiger partial charge in [-0.1, -0.05) is 94.8 Å². The molecule has 1 heterocycles. The number of pyridine rings is 1. The van der Waals surface area contributed by atoms with Gasteiger partial charge in [0.1, 0.15) is 0 Å². The zero-order valence-electron chi connectivity index (χ0n) is 18.0. The summed E-state index contributed by atoms with van der Waals surface area (Å²) in [4.78, 5) is 13.9. The quantitative estimate of drug-likeness (QED) is 0.369. The van der Waals surface area contributed by atoms with E-state index in [4.69, 9.17) is 0 Å². The molecule has 0 atom stereocenters. The van der Waals surface area contributed by atoms with Crippen molar-refractivity contribution in [2.75, 3.05) is 0 Å². The van der Waals surface area contributed by atoms with Crippen molar-refractivity contribution in [3.05, 3.63) is 92.8 Å². The van der Waals surface area contributed by atoms with Gasteiger partial charge in [-0.25, -0.2) is 0 Å². The number of benzene rings is 2. The topological polar surface area (TPSA) is 22.0 Å². The molecule has 4 heteroatoms. The summed E-state index contributed by atoms with van der Waals surface area (Å²) in [6.45, 7) is 10.9. The molecule has 0 radical (unpaired) electrons. The van der Waals surface area contributed by atoms with Crippen LogP contribution in [0.4, 0.5) is 0 Å². The second-order valence-electron chi connectivity index (χ2n) is 8.70. The minimum absolute atomic E-state index is 0.122. The molecule has 0 amide bonds. The number of aryl methyl sites for hydroxylation is 1. The van der Waals surface area contributed by atoms with E-state index in [2.05, 4.69) is 102 Å². The first kappa shape index (κ1) is 21.8. The van der Waals surface area contributed by atoms with E-state index in [9.17, 15) is 4.79 Å². The van der Waals surface area contributed by atoms with Crippen molar-refractivity contribution in [2.45, 2.75) is 52.5 Å². The van der Waals surface area contributed by atoms with E-state index in [1.807, 2.05) is 19.1 Å². The molecule has 0 aliphatic carbocycles. The minimum atomic E-state index is -2.73. The summed E-state index contributed by atoms with van der Waals surface area (Å²) in [5, 5.41) is 2.34. The van der Waals surface area contributed by atoms with Gasteiger partial charge in [0.05, 0.1) is 4.60 Å². The van der Waals surface area contributed by atoms with Crippen molar-refractivity contribution < 1.29 is 0 Å². The zero-order valence-corrected chi connectivity index (χ0v) is 20.6. The summed E-state index contributed by atoms with van der Waals surface area (Å²) in [5.74, 6) is 0. The van der Waals surface area contributed by atoms with Gasteiger partial charge in [-0.3, -0.25) is 4.79 Å². The molecule has 1 aromatic heterocycles. The zero-order chi connectivity index (χ0) is 21.2. The number of nitrogens with zero attached hydrogens (tertiary/aromatic N) is 1. The first-order valence-corrected chi connectivity index (χ1v) is 13.0. The Hall–Kier alpha value is -1.91. The predicted octanol–water partition coefficient (Wildman–Crippen LogP) is 5.28. The molecule has 3 aromatic rings. The Balaban J connectivity index is 2.52. The van der Waals surface area contributed by atoms with E-state index in [0.29, 0.717) is 0 Å². The first-order valence-electron chi connectivity index (χ1n) is 10.3. The van der Waals surface area contributed by atoms with E-state index in [1.54, 1.807) is 0 Å². The highest BCUT2D eigenvalue weighted by atomic mass is 79.9. The standard InChI is InChI=1S/C25H30BrNOSi/c1-6-13-20-18-23(26)27(24(28)19(20)2)29(25(3,4)5,21-14-9-7-10-15-21)22-16-11-8-12-17-22/h7-12,14-18H,6,13H2,1-5H3. The lowest BCUT2D eigenvalue weighted by Crippen LogP contribution is -2.72. The van der Waals surface area contributed by atoms with Crippen molar-refractivity contribution in [2.24, 2.45) is 0 Å².